The predicted octanol–water partition coefficient (Wildman–Crippen LogP) is 1.31. The third kappa shape index (κ3) is 1.34. The number of carbonyl (C=O) groups excluding carboxylic acids is 1. The van der Waals surface area contributed by atoms with Gasteiger partial charge < -0.3 is 0 Å². The molecule has 0 aliphatic carbocycles. The first kappa shape index (κ1) is 7.66. The molecule has 1 heterocycles. The van der Waals surface area contributed by atoms with Gasteiger partial charge in [0.15, 0.2) is 5.78 Å². The third-order valence-electron chi connectivity index (χ3n) is 1.91. The maximum Gasteiger partial charge on any atom is 0.152 e. The van der Waals surface area contributed by atoms with Crippen LogP contribution in [-0.2, 0) is 4.79 Å². The fourth-order valence-electron chi connectivity index (χ4n) is 1.28. The van der Waals surface area contributed by atoms with Gasteiger partial charge in [0.05, 0.1) is 6.04 Å². The Morgan fingerprint density at radius 1 is 1.80 bits per heavy atom. The number of Topliss-reactive ketones (excluding diaryl/α,β-unsaturated/α-hetero) is 1. The van der Waals surface area contributed by atoms with Gasteiger partial charge in [-0.1, -0.05) is 6.92 Å². The van der Waals surface area contributed by atoms with Gasteiger partial charge in [0.1, 0.15) is 0 Å². The van der Waals surface area contributed by atoms with Crippen molar-refractivity contribution in [2.75, 3.05) is 6.54 Å². The second-order valence-electron chi connectivity index (χ2n) is 2.60. The predicted molar refractivity (Wildman–Crippen MR) is 36.1 cm³/mol. The van der Waals surface area contributed by atoms with E-state index in [1.807, 2.05) is 0 Å². The normalized spacial score (nSPS) is 27.2. The van der Waals surface area contributed by atoms with E-state index >= 15 is 0 Å². The van der Waals surface area contributed by atoms with Crippen molar-refractivity contribution in [2.45, 2.75) is 32.2 Å². The maximum atomic E-state index is 12.6. The van der Waals surface area contributed by atoms with Crippen molar-refractivity contribution in [3.63, 3.8) is 0 Å². The number of hydrogen-bond acceptors (Lipinski definition) is 2. The van der Waals surface area contributed by atoms with Crippen LogP contribution in [0.25, 0.3) is 0 Å². The quantitative estimate of drug-likeness (QED) is 0.546. The van der Waals surface area contributed by atoms with Crippen molar-refractivity contribution in [1.82, 2.24) is 5.12 Å². The van der Waals surface area contributed by atoms with Crippen molar-refractivity contribution >= 4 is 5.78 Å². The molecule has 0 saturated carbocycles. The van der Waals surface area contributed by atoms with Gasteiger partial charge in [-0.15, -0.1) is 9.60 Å². The number of rotatable bonds is 2. The Balaban J connectivity index is 2.46. The lowest BCUT2D eigenvalue weighted by Crippen LogP contribution is -2.29. The van der Waals surface area contributed by atoms with Crippen molar-refractivity contribution in [2.24, 2.45) is 0 Å². The Hall–Kier alpha value is -0.440. The summed E-state index contributed by atoms with van der Waals surface area (Å²) >= 11 is 0. The van der Waals surface area contributed by atoms with Gasteiger partial charge >= 0.3 is 0 Å². The van der Waals surface area contributed by atoms with Crippen molar-refractivity contribution in [1.29, 1.82) is 0 Å². The van der Waals surface area contributed by atoms with Gasteiger partial charge in [0.25, 0.3) is 0 Å². The summed E-state index contributed by atoms with van der Waals surface area (Å²) in [5.41, 5.74) is 0. The van der Waals surface area contributed by atoms with Gasteiger partial charge in [-0.05, 0) is 12.8 Å². The first-order valence-corrected chi connectivity index (χ1v) is 3.71. The van der Waals surface area contributed by atoms with Crippen LogP contribution in [0.4, 0.5) is 4.48 Å². The minimum atomic E-state index is -0.426. The smallest absolute Gasteiger partial charge is 0.152 e. The molecule has 0 aromatic rings. The molecule has 0 amide bonds. The van der Waals surface area contributed by atoms with Crippen LogP contribution < -0.4 is 0 Å². The minimum absolute atomic E-state index is 0.0278. The monoisotopic (exact) mass is 145 g/mol. The van der Waals surface area contributed by atoms with E-state index in [9.17, 15) is 9.28 Å². The van der Waals surface area contributed by atoms with Crippen LogP contribution in [-0.4, -0.2) is 23.5 Å². The molecular formula is C7H12FNO. The van der Waals surface area contributed by atoms with Gasteiger partial charge in [0, 0.05) is 13.0 Å². The Morgan fingerprint density at radius 2 is 2.50 bits per heavy atom. The number of hydrogen-bond donors (Lipinski definition) is 0. The molecule has 1 fully saturated rings. The van der Waals surface area contributed by atoms with Crippen LogP contribution in [0.2, 0.25) is 0 Å². The number of halogens is 1. The molecule has 0 aromatic carbocycles. The van der Waals surface area contributed by atoms with E-state index in [1.54, 1.807) is 6.92 Å². The Labute approximate surface area is 59.9 Å². The molecule has 1 aliphatic rings. The summed E-state index contributed by atoms with van der Waals surface area (Å²) in [6.45, 7) is 2.20. The molecule has 58 valence electrons. The summed E-state index contributed by atoms with van der Waals surface area (Å²) in [6.07, 6.45) is 1.96. The summed E-state index contributed by atoms with van der Waals surface area (Å²) in [7, 11) is 0. The summed E-state index contributed by atoms with van der Waals surface area (Å²) in [5, 5.41) is 0.659. The van der Waals surface area contributed by atoms with E-state index in [0.29, 0.717) is 24.5 Å². The second kappa shape index (κ2) is 3.10. The average molecular weight is 145 g/mol. The summed E-state index contributed by atoms with van der Waals surface area (Å²) in [5.74, 6) is 0.0278. The fraction of sp³-hybridized carbons (Fsp3) is 0.857. The zero-order chi connectivity index (χ0) is 7.56. The van der Waals surface area contributed by atoms with Crippen molar-refractivity contribution in [3.8, 4) is 0 Å². The molecule has 1 saturated heterocycles. The van der Waals surface area contributed by atoms with E-state index in [1.165, 1.54) is 0 Å². The standard InChI is InChI=1S/C7H12FNO/c1-2-7(10)6-4-3-5-9(6)8/h6H,2-5H2,1H3. The molecule has 2 nitrogen and oxygen atoms in total. The zero-order valence-corrected chi connectivity index (χ0v) is 6.14. The number of ketones is 1. The van der Waals surface area contributed by atoms with Gasteiger partial charge in [-0.3, -0.25) is 4.79 Å². The van der Waals surface area contributed by atoms with Crippen LogP contribution in [0.3, 0.4) is 0 Å². The average Bonchev–Trinajstić information content (AvgIpc) is 2.34. The summed E-state index contributed by atoms with van der Waals surface area (Å²) < 4.78 is 12.6. The van der Waals surface area contributed by atoms with Gasteiger partial charge in [0.2, 0.25) is 0 Å². The highest BCUT2D eigenvalue weighted by Gasteiger charge is 2.29. The van der Waals surface area contributed by atoms with Crippen LogP contribution in [0.5, 0.6) is 0 Å². The van der Waals surface area contributed by atoms with E-state index in [0.717, 1.165) is 6.42 Å². The van der Waals surface area contributed by atoms with Gasteiger partial charge in [-0.25, -0.2) is 0 Å². The van der Waals surface area contributed by atoms with Crippen LogP contribution in [0.15, 0.2) is 0 Å². The van der Waals surface area contributed by atoms with E-state index < -0.39 is 6.04 Å². The lowest BCUT2D eigenvalue weighted by molar-refractivity contribution is -0.128. The maximum absolute atomic E-state index is 12.6. The number of nitrogens with zero attached hydrogens (tertiary/aromatic N) is 1. The molecule has 1 aliphatic heterocycles. The minimum Gasteiger partial charge on any atom is -0.298 e. The lowest BCUT2D eigenvalue weighted by atomic mass is 10.1. The molecule has 0 aromatic heterocycles. The third-order valence-corrected chi connectivity index (χ3v) is 1.91. The Bertz CT molecular complexity index is 138. The SMILES string of the molecule is CCC(=O)C1CCCN1F. The largest absolute Gasteiger partial charge is 0.298 e. The fourth-order valence-corrected chi connectivity index (χ4v) is 1.28. The molecule has 0 radical (unpaired) electrons. The Morgan fingerprint density at radius 3 is 2.90 bits per heavy atom. The molecule has 0 spiro atoms. The zero-order valence-electron chi connectivity index (χ0n) is 6.14. The van der Waals surface area contributed by atoms with E-state index in [2.05, 4.69) is 0 Å². The van der Waals surface area contributed by atoms with Crippen molar-refractivity contribution < 1.29 is 9.28 Å². The molecule has 1 atom stereocenters. The van der Waals surface area contributed by atoms with Crippen molar-refractivity contribution in [3.05, 3.63) is 0 Å². The first-order chi connectivity index (χ1) is 4.75. The number of carbonyl (C=O) groups is 1. The molecular weight excluding hydrogens is 133 g/mol. The molecule has 0 bridgehead atoms. The topological polar surface area (TPSA) is 20.3 Å². The van der Waals surface area contributed by atoms with Gasteiger partial charge in [-0.2, -0.15) is 0 Å². The molecule has 1 unspecified atom stereocenters. The van der Waals surface area contributed by atoms with Crippen LogP contribution in [0, 0.1) is 0 Å². The van der Waals surface area contributed by atoms with Crippen LogP contribution in [0.1, 0.15) is 26.2 Å². The summed E-state index contributed by atoms with van der Waals surface area (Å²) in [4.78, 5) is 10.9. The highest BCUT2D eigenvalue weighted by Crippen LogP contribution is 2.18. The lowest BCUT2D eigenvalue weighted by Gasteiger charge is -2.11. The molecule has 1 rings (SSSR count). The van der Waals surface area contributed by atoms with E-state index in [-0.39, 0.29) is 5.78 Å². The molecule has 0 N–H and O–H groups in total. The van der Waals surface area contributed by atoms with Crippen LogP contribution >= 0.6 is 0 Å². The first-order valence-electron chi connectivity index (χ1n) is 3.71. The molecule has 3 heteroatoms. The second-order valence-corrected chi connectivity index (χ2v) is 2.60. The Kier molecular flexibility index (Phi) is 2.38. The summed E-state index contributed by atoms with van der Waals surface area (Å²) in [6, 6.07) is -0.426. The molecule has 10 heavy (non-hydrogen) atoms. The highest BCUT2D eigenvalue weighted by molar-refractivity contribution is 5.83. The highest BCUT2D eigenvalue weighted by atomic mass is 19.2. The van der Waals surface area contributed by atoms with E-state index in [4.69, 9.17) is 0 Å².